The second-order valence-electron chi connectivity index (χ2n) is 4.39. The molecule has 1 unspecified atom stereocenters. The van der Waals surface area contributed by atoms with Crippen LogP contribution in [0, 0.1) is 0 Å². The van der Waals surface area contributed by atoms with E-state index in [1.54, 1.807) is 4.90 Å². The smallest absolute Gasteiger partial charge is 0.245 e. The molecule has 0 aromatic heterocycles. The molecule has 0 bridgehead atoms. The predicted molar refractivity (Wildman–Crippen MR) is 56.2 cm³/mol. The van der Waals surface area contributed by atoms with Crippen molar-refractivity contribution in [1.82, 2.24) is 10.2 Å². The Balaban J connectivity index is 2.03. The molecule has 0 aliphatic carbocycles. The molecule has 2 heterocycles. The summed E-state index contributed by atoms with van der Waals surface area (Å²) in [4.78, 5) is 25.4. The zero-order valence-electron chi connectivity index (χ0n) is 9.16. The van der Waals surface area contributed by atoms with Crippen LogP contribution in [0.5, 0.6) is 0 Å². The minimum absolute atomic E-state index is 0.0493. The van der Waals surface area contributed by atoms with Crippen LogP contribution in [0.2, 0.25) is 0 Å². The highest BCUT2D eigenvalue weighted by Gasteiger charge is 2.42. The number of hydrogen-bond acceptors (Lipinski definition) is 2. The van der Waals surface area contributed by atoms with Crippen molar-refractivity contribution >= 4 is 11.8 Å². The van der Waals surface area contributed by atoms with Crippen molar-refractivity contribution in [3.63, 3.8) is 0 Å². The van der Waals surface area contributed by atoms with Crippen LogP contribution in [0.4, 0.5) is 0 Å². The highest BCUT2D eigenvalue weighted by molar-refractivity contribution is 5.97. The van der Waals surface area contributed by atoms with Crippen LogP contribution in [0.15, 0.2) is 0 Å². The van der Waals surface area contributed by atoms with Gasteiger partial charge in [0.25, 0.3) is 0 Å². The van der Waals surface area contributed by atoms with Crippen LogP contribution in [0.25, 0.3) is 0 Å². The summed E-state index contributed by atoms with van der Waals surface area (Å²) in [5, 5.41) is 2.84. The van der Waals surface area contributed by atoms with Crippen molar-refractivity contribution < 1.29 is 9.59 Å². The fourth-order valence-corrected chi connectivity index (χ4v) is 2.44. The van der Waals surface area contributed by atoms with E-state index in [1.165, 1.54) is 0 Å². The standard InChI is InChI=1S/C11H18N2O2/c1-2-3-5-8-11(15)13-7-4-6-9(13)10(14)12-8/h8-9H,2-7H2,1H3,(H,12,14)/t8?,9-/m1/s1. The van der Waals surface area contributed by atoms with Gasteiger partial charge in [-0.1, -0.05) is 19.8 Å². The number of carbonyl (C=O) groups is 2. The van der Waals surface area contributed by atoms with Gasteiger partial charge in [-0.15, -0.1) is 0 Å². The first kappa shape index (κ1) is 10.5. The van der Waals surface area contributed by atoms with E-state index in [2.05, 4.69) is 12.2 Å². The molecule has 0 radical (unpaired) electrons. The Bertz CT molecular complexity index is 278. The van der Waals surface area contributed by atoms with E-state index >= 15 is 0 Å². The van der Waals surface area contributed by atoms with Crippen LogP contribution in [0.1, 0.15) is 39.0 Å². The molecule has 2 fully saturated rings. The average molecular weight is 210 g/mol. The SMILES string of the molecule is CCCCC1NC(=O)[C@H]2CCCN2C1=O. The van der Waals surface area contributed by atoms with Gasteiger partial charge in [0.2, 0.25) is 11.8 Å². The Hall–Kier alpha value is -1.06. The molecule has 0 aromatic rings. The van der Waals surface area contributed by atoms with Gasteiger partial charge in [0.1, 0.15) is 12.1 Å². The number of piperazine rings is 1. The van der Waals surface area contributed by atoms with Gasteiger partial charge >= 0.3 is 0 Å². The summed E-state index contributed by atoms with van der Waals surface area (Å²) in [7, 11) is 0. The van der Waals surface area contributed by atoms with Crippen molar-refractivity contribution in [1.29, 1.82) is 0 Å². The Morgan fingerprint density at radius 3 is 3.00 bits per heavy atom. The van der Waals surface area contributed by atoms with Crippen LogP contribution >= 0.6 is 0 Å². The lowest BCUT2D eigenvalue weighted by Crippen LogP contribution is -2.60. The molecule has 2 amide bonds. The summed E-state index contributed by atoms with van der Waals surface area (Å²) in [5.41, 5.74) is 0. The molecule has 2 saturated heterocycles. The Morgan fingerprint density at radius 2 is 2.27 bits per heavy atom. The van der Waals surface area contributed by atoms with Crippen molar-refractivity contribution in [3.05, 3.63) is 0 Å². The zero-order valence-corrected chi connectivity index (χ0v) is 9.16. The Kier molecular flexibility index (Phi) is 2.93. The van der Waals surface area contributed by atoms with Crippen LogP contribution in [-0.4, -0.2) is 35.3 Å². The molecule has 4 nitrogen and oxygen atoms in total. The molecule has 84 valence electrons. The first-order valence-corrected chi connectivity index (χ1v) is 5.85. The molecule has 2 aliphatic rings. The number of nitrogens with one attached hydrogen (secondary N) is 1. The van der Waals surface area contributed by atoms with Gasteiger partial charge in [0, 0.05) is 6.54 Å². The van der Waals surface area contributed by atoms with E-state index in [9.17, 15) is 9.59 Å². The summed E-state index contributed by atoms with van der Waals surface area (Å²) >= 11 is 0. The maximum absolute atomic E-state index is 12.0. The lowest BCUT2D eigenvalue weighted by Gasteiger charge is -2.34. The topological polar surface area (TPSA) is 49.4 Å². The van der Waals surface area contributed by atoms with Gasteiger partial charge in [0.05, 0.1) is 0 Å². The molecule has 2 rings (SSSR count). The quantitative estimate of drug-likeness (QED) is 0.744. The first-order valence-electron chi connectivity index (χ1n) is 5.85. The zero-order chi connectivity index (χ0) is 10.8. The summed E-state index contributed by atoms with van der Waals surface area (Å²) in [5.74, 6) is 0.179. The third kappa shape index (κ3) is 1.85. The van der Waals surface area contributed by atoms with Gasteiger partial charge in [-0.3, -0.25) is 9.59 Å². The molecule has 0 spiro atoms. The van der Waals surface area contributed by atoms with Gasteiger partial charge < -0.3 is 10.2 Å². The number of hydrogen-bond donors (Lipinski definition) is 1. The average Bonchev–Trinajstić information content (AvgIpc) is 2.70. The molecule has 0 saturated carbocycles. The van der Waals surface area contributed by atoms with Gasteiger partial charge in [0.15, 0.2) is 0 Å². The number of fused-ring (bicyclic) bond motifs is 1. The molecule has 2 aliphatic heterocycles. The molecule has 1 N–H and O–H groups in total. The van der Waals surface area contributed by atoms with Crippen LogP contribution in [-0.2, 0) is 9.59 Å². The maximum atomic E-state index is 12.0. The minimum Gasteiger partial charge on any atom is -0.343 e. The van der Waals surface area contributed by atoms with E-state index in [0.29, 0.717) is 0 Å². The Labute approximate surface area is 90.0 Å². The van der Waals surface area contributed by atoms with Crippen molar-refractivity contribution in [3.8, 4) is 0 Å². The molecule has 15 heavy (non-hydrogen) atoms. The lowest BCUT2D eigenvalue weighted by molar-refractivity contribution is -0.147. The second kappa shape index (κ2) is 4.21. The van der Waals surface area contributed by atoms with Crippen molar-refractivity contribution in [2.45, 2.75) is 51.1 Å². The fraction of sp³-hybridized carbons (Fsp3) is 0.818. The van der Waals surface area contributed by atoms with E-state index in [0.717, 1.165) is 38.6 Å². The predicted octanol–water partition coefficient (Wildman–Crippen LogP) is 0.666. The van der Waals surface area contributed by atoms with E-state index in [1.807, 2.05) is 0 Å². The minimum atomic E-state index is -0.258. The molecule has 2 atom stereocenters. The van der Waals surface area contributed by atoms with Crippen molar-refractivity contribution in [2.75, 3.05) is 6.54 Å². The first-order chi connectivity index (χ1) is 7.24. The summed E-state index contributed by atoms with van der Waals surface area (Å²) in [6.07, 6.45) is 4.63. The lowest BCUT2D eigenvalue weighted by atomic mass is 10.0. The van der Waals surface area contributed by atoms with Crippen LogP contribution < -0.4 is 5.32 Å². The van der Waals surface area contributed by atoms with E-state index in [4.69, 9.17) is 0 Å². The normalized spacial score (nSPS) is 30.3. The van der Waals surface area contributed by atoms with Gasteiger partial charge in [-0.05, 0) is 19.3 Å². The Morgan fingerprint density at radius 1 is 1.47 bits per heavy atom. The molecular formula is C11H18N2O2. The number of carbonyl (C=O) groups excluding carboxylic acids is 2. The molecule has 0 aromatic carbocycles. The monoisotopic (exact) mass is 210 g/mol. The van der Waals surface area contributed by atoms with E-state index in [-0.39, 0.29) is 23.9 Å². The molecule has 4 heteroatoms. The highest BCUT2D eigenvalue weighted by atomic mass is 16.2. The maximum Gasteiger partial charge on any atom is 0.245 e. The number of amides is 2. The number of nitrogens with zero attached hydrogens (tertiary/aromatic N) is 1. The number of rotatable bonds is 3. The second-order valence-corrected chi connectivity index (χ2v) is 4.39. The fourth-order valence-electron chi connectivity index (χ4n) is 2.44. The largest absolute Gasteiger partial charge is 0.343 e. The van der Waals surface area contributed by atoms with E-state index < -0.39 is 0 Å². The summed E-state index contributed by atoms with van der Waals surface area (Å²) in [6.45, 7) is 2.85. The van der Waals surface area contributed by atoms with Gasteiger partial charge in [-0.2, -0.15) is 0 Å². The highest BCUT2D eigenvalue weighted by Crippen LogP contribution is 2.23. The van der Waals surface area contributed by atoms with Gasteiger partial charge in [-0.25, -0.2) is 0 Å². The van der Waals surface area contributed by atoms with Crippen molar-refractivity contribution in [2.24, 2.45) is 0 Å². The summed E-state index contributed by atoms with van der Waals surface area (Å²) in [6, 6.07) is -0.429. The number of unbranched alkanes of at least 4 members (excludes halogenated alkanes) is 1. The molecular weight excluding hydrogens is 192 g/mol. The summed E-state index contributed by atoms with van der Waals surface area (Å²) < 4.78 is 0. The van der Waals surface area contributed by atoms with Crippen LogP contribution in [0.3, 0.4) is 0 Å². The third-order valence-corrected chi connectivity index (χ3v) is 3.30. The third-order valence-electron chi connectivity index (χ3n) is 3.30.